The molecule has 0 bridgehead atoms. The highest BCUT2D eigenvalue weighted by atomic mass is 16.4. The maximum atomic E-state index is 10.5. The van der Waals surface area contributed by atoms with E-state index in [4.69, 9.17) is 5.11 Å². The quantitative estimate of drug-likeness (QED) is 0.829. The second-order valence-corrected chi connectivity index (χ2v) is 4.73. The van der Waals surface area contributed by atoms with Gasteiger partial charge in [0.25, 0.3) is 0 Å². The Morgan fingerprint density at radius 2 is 2.17 bits per heavy atom. The smallest absolute Gasteiger partial charge is 0.317 e. The zero-order chi connectivity index (χ0) is 13.0. The molecule has 0 aliphatic carbocycles. The lowest BCUT2D eigenvalue weighted by Crippen LogP contribution is -2.35. The molecule has 1 aliphatic heterocycles. The van der Waals surface area contributed by atoms with Crippen molar-refractivity contribution in [1.82, 2.24) is 5.32 Å². The fraction of sp³-hybridized carbons (Fsp3) is 0.500. The monoisotopic (exact) mass is 248 g/mol. The number of nitrogens with zero attached hydrogens (tertiary/aromatic N) is 1. The highest BCUT2D eigenvalue weighted by Gasteiger charge is 2.22. The lowest BCUT2D eigenvalue weighted by molar-refractivity contribution is -0.136. The van der Waals surface area contributed by atoms with Gasteiger partial charge in [-0.15, -0.1) is 0 Å². The summed E-state index contributed by atoms with van der Waals surface area (Å²) in [5.41, 5.74) is 2.57. The van der Waals surface area contributed by atoms with E-state index >= 15 is 0 Å². The Bertz CT molecular complexity index is 403. The minimum absolute atomic E-state index is 0.0489. The molecule has 0 radical (unpaired) electrons. The Kier molecular flexibility index (Phi) is 4.20. The van der Waals surface area contributed by atoms with Crippen LogP contribution in [-0.4, -0.2) is 36.8 Å². The highest BCUT2D eigenvalue weighted by molar-refractivity contribution is 5.69. The highest BCUT2D eigenvalue weighted by Crippen LogP contribution is 2.20. The third kappa shape index (κ3) is 3.23. The van der Waals surface area contributed by atoms with Crippen LogP contribution in [0.25, 0.3) is 0 Å². The number of rotatable bonds is 5. The largest absolute Gasteiger partial charge is 0.480 e. The first-order valence-corrected chi connectivity index (χ1v) is 6.48. The van der Waals surface area contributed by atoms with Crippen LogP contribution in [0.5, 0.6) is 0 Å². The molecule has 1 fully saturated rings. The van der Waals surface area contributed by atoms with Crippen LogP contribution >= 0.6 is 0 Å². The molecule has 18 heavy (non-hydrogen) atoms. The third-order valence-corrected chi connectivity index (χ3v) is 3.44. The van der Waals surface area contributed by atoms with Crippen LogP contribution < -0.4 is 10.2 Å². The Balaban J connectivity index is 1.89. The van der Waals surface area contributed by atoms with E-state index in [2.05, 4.69) is 41.4 Å². The van der Waals surface area contributed by atoms with Crippen molar-refractivity contribution in [3.8, 4) is 0 Å². The van der Waals surface area contributed by atoms with Gasteiger partial charge in [-0.2, -0.15) is 0 Å². The summed E-state index contributed by atoms with van der Waals surface area (Å²) in [6, 6.07) is 8.91. The van der Waals surface area contributed by atoms with Gasteiger partial charge in [0.1, 0.15) is 0 Å². The van der Waals surface area contributed by atoms with Crippen molar-refractivity contribution < 1.29 is 9.90 Å². The van der Waals surface area contributed by atoms with Gasteiger partial charge < -0.3 is 15.3 Å². The van der Waals surface area contributed by atoms with Gasteiger partial charge in [-0.1, -0.05) is 19.1 Å². The molecule has 1 unspecified atom stereocenters. The molecule has 1 aromatic carbocycles. The Hall–Kier alpha value is -1.55. The number of anilines is 1. The van der Waals surface area contributed by atoms with E-state index in [1.54, 1.807) is 0 Å². The van der Waals surface area contributed by atoms with Gasteiger partial charge in [0, 0.05) is 24.8 Å². The summed E-state index contributed by atoms with van der Waals surface area (Å²) in [7, 11) is 0. The van der Waals surface area contributed by atoms with Gasteiger partial charge in [0.15, 0.2) is 0 Å². The summed E-state index contributed by atoms with van der Waals surface area (Å²) in [6.45, 7) is 4.07. The van der Waals surface area contributed by atoms with Crippen molar-refractivity contribution in [2.75, 3.05) is 24.5 Å². The molecule has 4 nitrogen and oxygen atoms in total. The lowest BCUT2D eigenvalue weighted by Gasteiger charge is -2.19. The number of hydrogen-bond acceptors (Lipinski definition) is 3. The molecule has 1 aromatic rings. The van der Waals surface area contributed by atoms with Gasteiger partial charge in [0.2, 0.25) is 0 Å². The van der Waals surface area contributed by atoms with E-state index in [0.717, 1.165) is 25.9 Å². The predicted octanol–water partition coefficient (Wildman–Crippen LogP) is 1.50. The van der Waals surface area contributed by atoms with Crippen molar-refractivity contribution in [2.45, 2.75) is 25.8 Å². The van der Waals surface area contributed by atoms with E-state index in [9.17, 15) is 4.79 Å². The second-order valence-electron chi connectivity index (χ2n) is 4.73. The van der Waals surface area contributed by atoms with Crippen LogP contribution in [0.2, 0.25) is 0 Å². The average Bonchev–Trinajstić information content (AvgIpc) is 2.85. The SMILES string of the molecule is CCc1ccc(N2CCC(NCC(=O)O)C2)cc1. The number of nitrogens with one attached hydrogen (secondary N) is 1. The summed E-state index contributed by atoms with van der Waals surface area (Å²) in [6.07, 6.45) is 2.06. The molecule has 1 saturated heterocycles. The molecule has 1 heterocycles. The van der Waals surface area contributed by atoms with Crippen molar-refractivity contribution in [2.24, 2.45) is 0 Å². The maximum absolute atomic E-state index is 10.5. The molecule has 98 valence electrons. The van der Waals surface area contributed by atoms with Crippen molar-refractivity contribution in [1.29, 1.82) is 0 Å². The first-order valence-electron chi connectivity index (χ1n) is 6.48. The van der Waals surface area contributed by atoms with Gasteiger partial charge in [-0.3, -0.25) is 4.79 Å². The molecule has 1 atom stereocenters. The van der Waals surface area contributed by atoms with Gasteiger partial charge in [-0.05, 0) is 30.5 Å². The topological polar surface area (TPSA) is 52.6 Å². The average molecular weight is 248 g/mol. The minimum Gasteiger partial charge on any atom is -0.480 e. The first-order chi connectivity index (χ1) is 8.69. The summed E-state index contributed by atoms with van der Waals surface area (Å²) < 4.78 is 0. The number of carbonyl (C=O) groups is 1. The van der Waals surface area contributed by atoms with E-state index < -0.39 is 5.97 Å². The van der Waals surface area contributed by atoms with E-state index in [1.165, 1.54) is 11.3 Å². The van der Waals surface area contributed by atoms with Crippen molar-refractivity contribution in [3.63, 3.8) is 0 Å². The van der Waals surface area contributed by atoms with Gasteiger partial charge >= 0.3 is 5.97 Å². The Labute approximate surface area is 108 Å². The molecule has 2 rings (SSSR count). The lowest BCUT2D eigenvalue weighted by atomic mass is 10.1. The van der Waals surface area contributed by atoms with Crippen LogP contribution in [-0.2, 0) is 11.2 Å². The molecule has 1 aliphatic rings. The zero-order valence-corrected chi connectivity index (χ0v) is 10.7. The normalized spacial score (nSPS) is 19.2. The molecule has 0 aromatic heterocycles. The number of benzene rings is 1. The van der Waals surface area contributed by atoms with E-state index in [-0.39, 0.29) is 12.6 Å². The molecule has 2 N–H and O–H groups in total. The van der Waals surface area contributed by atoms with Crippen LogP contribution in [0.3, 0.4) is 0 Å². The third-order valence-electron chi connectivity index (χ3n) is 3.44. The molecule has 0 saturated carbocycles. The molecule has 0 spiro atoms. The fourth-order valence-electron chi connectivity index (χ4n) is 2.34. The Morgan fingerprint density at radius 3 is 2.78 bits per heavy atom. The van der Waals surface area contributed by atoms with Crippen LogP contribution in [0, 0.1) is 0 Å². The number of hydrogen-bond donors (Lipinski definition) is 2. The number of carboxylic acid groups (broad SMARTS) is 1. The van der Waals surface area contributed by atoms with Gasteiger partial charge in [0.05, 0.1) is 6.54 Å². The van der Waals surface area contributed by atoms with Crippen LogP contribution in [0.15, 0.2) is 24.3 Å². The summed E-state index contributed by atoms with van der Waals surface area (Å²) in [4.78, 5) is 12.8. The van der Waals surface area contributed by atoms with E-state index in [0.29, 0.717) is 0 Å². The van der Waals surface area contributed by atoms with E-state index in [1.807, 2.05) is 0 Å². The van der Waals surface area contributed by atoms with Crippen LogP contribution in [0.4, 0.5) is 5.69 Å². The van der Waals surface area contributed by atoms with Crippen molar-refractivity contribution in [3.05, 3.63) is 29.8 Å². The number of aryl methyl sites for hydroxylation is 1. The zero-order valence-electron chi connectivity index (χ0n) is 10.7. The predicted molar refractivity (Wildman–Crippen MR) is 72.1 cm³/mol. The molecular weight excluding hydrogens is 228 g/mol. The second kappa shape index (κ2) is 5.87. The fourth-order valence-corrected chi connectivity index (χ4v) is 2.34. The van der Waals surface area contributed by atoms with Crippen LogP contribution in [0.1, 0.15) is 18.9 Å². The molecular formula is C14H20N2O2. The minimum atomic E-state index is -0.791. The summed E-state index contributed by atoms with van der Waals surface area (Å²) in [5.74, 6) is -0.791. The van der Waals surface area contributed by atoms with Gasteiger partial charge in [-0.25, -0.2) is 0 Å². The summed E-state index contributed by atoms with van der Waals surface area (Å²) in [5, 5.41) is 11.7. The summed E-state index contributed by atoms with van der Waals surface area (Å²) >= 11 is 0. The molecule has 0 amide bonds. The number of aliphatic carboxylic acids is 1. The maximum Gasteiger partial charge on any atom is 0.317 e. The number of carboxylic acids is 1. The first kappa shape index (κ1) is 12.9. The molecule has 4 heteroatoms. The standard InChI is InChI=1S/C14H20N2O2/c1-2-11-3-5-13(6-4-11)16-8-7-12(10-16)15-9-14(17)18/h3-6,12,15H,2,7-10H2,1H3,(H,17,18). The Morgan fingerprint density at radius 1 is 1.44 bits per heavy atom. The van der Waals surface area contributed by atoms with Crippen molar-refractivity contribution >= 4 is 11.7 Å².